The molecule has 3 saturated heterocycles. The zero-order chi connectivity index (χ0) is 38.2. The normalized spacial score (nSPS) is 20.4. The number of fused-ring (bicyclic) bond motifs is 2. The predicted octanol–water partition coefficient (Wildman–Crippen LogP) is 5.63. The number of nitrogens with one attached hydrogen (secondary N) is 3. The maximum atomic E-state index is 14.0. The Labute approximate surface area is 319 Å². The van der Waals surface area contributed by atoms with Gasteiger partial charge in [0.1, 0.15) is 23.2 Å². The summed E-state index contributed by atoms with van der Waals surface area (Å²) < 4.78 is 10.4. The zero-order valence-electron chi connectivity index (χ0n) is 31.6. The average Bonchev–Trinajstić information content (AvgIpc) is 4.05. The molecule has 4 atom stereocenters. The number of benzene rings is 2. The molecule has 3 aromatic heterocycles. The minimum atomic E-state index is -0.693. The summed E-state index contributed by atoms with van der Waals surface area (Å²) in [5, 5.41) is 4.96. The number of pyridine rings is 1. The van der Waals surface area contributed by atoms with E-state index in [9.17, 15) is 14.4 Å². The molecule has 0 bridgehead atoms. The van der Waals surface area contributed by atoms with E-state index in [4.69, 9.17) is 30.2 Å². The zero-order valence-corrected chi connectivity index (χ0v) is 31.6. The molecule has 3 aliphatic heterocycles. The second kappa shape index (κ2) is 15.4. The number of carbonyl (C=O) groups excluding carboxylic acids is 3. The van der Waals surface area contributed by atoms with Crippen LogP contribution in [0.2, 0.25) is 0 Å². The van der Waals surface area contributed by atoms with Gasteiger partial charge < -0.3 is 40.3 Å². The van der Waals surface area contributed by atoms with E-state index in [0.29, 0.717) is 50.6 Å². The topological polar surface area (TPSA) is 184 Å². The van der Waals surface area contributed by atoms with E-state index < -0.39 is 18.2 Å². The first-order valence-corrected chi connectivity index (χ1v) is 19.4. The van der Waals surface area contributed by atoms with Crippen molar-refractivity contribution in [3.63, 3.8) is 0 Å². The highest BCUT2D eigenvalue weighted by molar-refractivity contribution is 5.91. The lowest BCUT2D eigenvalue weighted by molar-refractivity contribution is -0.137. The molecule has 14 heteroatoms. The number of imidazole rings is 2. The minimum absolute atomic E-state index is 0.0170. The Morgan fingerprint density at radius 1 is 0.855 bits per heavy atom. The van der Waals surface area contributed by atoms with E-state index in [1.54, 1.807) is 0 Å². The lowest BCUT2D eigenvalue weighted by atomic mass is 9.90. The number of likely N-dealkylation sites (tertiary alicyclic amines) is 2. The summed E-state index contributed by atoms with van der Waals surface area (Å²) in [4.78, 5) is 64.5. The number of nitrogens with zero attached hydrogens (tertiary/aromatic N) is 5. The third-order valence-corrected chi connectivity index (χ3v) is 11.6. The van der Waals surface area contributed by atoms with Crippen LogP contribution in [-0.4, -0.2) is 98.1 Å². The van der Waals surface area contributed by atoms with Crippen molar-refractivity contribution in [2.75, 3.05) is 33.4 Å². The van der Waals surface area contributed by atoms with E-state index in [2.05, 4.69) is 51.7 Å². The number of hydrogen-bond donors (Lipinski definition) is 4. The SMILES string of the molecule is COC(=O)N[C@H](C(=O)N1CCC[C@H]1c1nc2ccc(-c3ccc4cc(-c5cnc([C@@H]6CCCN6C(=O)[C@@H](N)C(C)C)[nH]5)ccc4c3)nc2[nH]1)C1CCOCC1. The van der Waals surface area contributed by atoms with Crippen molar-refractivity contribution in [2.24, 2.45) is 17.6 Å². The van der Waals surface area contributed by atoms with Crippen LogP contribution in [0.3, 0.4) is 0 Å². The molecule has 3 aliphatic rings. The van der Waals surface area contributed by atoms with Gasteiger partial charge in [-0.2, -0.15) is 0 Å². The molecule has 3 fully saturated rings. The van der Waals surface area contributed by atoms with Gasteiger partial charge >= 0.3 is 6.09 Å². The summed E-state index contributed by atoms with van der Waals surface area (Å²) in [6, 6.07) is 15.0. The third-order valence-electron chi connectivity index (χ3n) is 11.6. The van der Waals surface area contributed by atoms with Gasteiger partial charge in [0.15, 0.2) is 5.65 Å². The van der Waals surface area contributed by atoms with Gasteiger partial charge in [-0.15, -0.1) is 0 Å². The number of alkyl carbamates (subject to hydrolysis) is 1. The molecule has 55 heavy (non-hydrogen) atoms. The van der Waals surface area contributed by atoms with E-state index in [-0.39, 0.29) is 35.7 Å². The molecule has 5 N–H and O–H groups in total. The van der Waals surface area contributed by atoms with E-state index >= 15 is 0 Å². The van der Waals surface area contributed by atoms with Gasteiger partial charge in [-0.3, -0.25) is 9.59 Å². The Bertz CT molecular complexity index is 2210. The first kappa shape index (κ1) is 36.6. The molecule has 0 radical (unpaired) electrons. The van der Waals surface area contributed by atoms with E-state index in [1.165, 1.54) is 7.11 Å². The van der Waals surface area contributed by atoms with Crippen molar-refractivity contribution >= 4 is 39.8 Å². The summed E-state index contributed by atoms with van der Waals surface area (Å²) >= 11 is 0. The minimum Gasteiger partial charge on any atom is -0.453 e. The number of amides is 3. The summed E-state index contributed by atoms with van der Waals surface area (Å²) in [6.45, 7) is 6.33. The molecule has 2 aromatic carbocycles. The Kier molecular flexibility index (Phi) is 10.3. The molecule has 5 aromatic rings. The fourth-order valence-electron chi connectivity index (χ4n) is 8.36. The van der Waals surface area contributed by atoms with Gasteiger partial charge in [0.25, 0.3) is 0 Å². The Hall–Kier alpha value is -5.34. The smallest absolute Gasteiger partial charge is 0.407 e. The van der Waals surface area contributed by atoms with Crippen molar-refractivity contribution in [3.05, 3.63) is 66.4 Å². The van der Waals surface area contributed by atoms with Crippen LogP contribution < -0.4 is 11.1 Å². The molecule has 288 valence electrons. The lowest BCUT2D eigenvalue weighted by Crippen LogP contribution is -2.53. The van der Waals surface area contributed by atoms with Crippen LogP contribution in [0.4, 0.5) is 4.79 Å². The van der Waals surface area contributed by atoms with Crippen LogP contribution in [0, 0.1) is 11.8 Å². The highest BCUT2D eigenvalue weighted by Crippen LogP contribution is 2.36. The first-order chi connectivity index (χ1) is 26.7. The molecule has 14 nitrogen and oxygen atoms in total. The standard InChI is InChI=1S/C41H49N9O5/c1-23(2)34(42)39(51)49-16-4-6-32(49)37-43-22-31(46-37)28-11-9-25-20-27(10-8-26(25)21-28)29-12-13-30-36(44-29)48-38(45-30)33-7-5-17-50(33)40(52)35(47-41(53)54-3)24-14-18-55-19-15-24/h8-13,20-24,32-35H,4-7,14-19,42H2,1-3H3,(H,43,46)(H,47,53)(H,44,45,48)/t32-,33-,34-,35-/m0/s1. The van der Waals surface area contributed by atoms with E-state index in [0.717, 1.165) is 70.3 Å². The Morgan fingerprint density at radius 3 is 2.24 bits per heavy atom. The molecule has 0 unspecified atom stereocenters. The van der Waals surface area contributed by atoms with E-state index in [1.807, 2.05) is 42.0 Å². The number of carbonyl (C=O) groups is 3. The number of rotatable bonds is 9. The van der Waals surface area contributed by atoms with Crippen LogP contribution in [-0.2, 0) is 19.1 Å². The fourth-order valence-corrected chi connectivity index (χ4v) is 8.36. The van der Waals surface area contributed by atoms with Crippen LogP contribution in [0.1, 0.15) is 76.1 Å². The molecule has 0 aliphatic carbocycles. The van der Waals surface area contributed by atoms with Crippen LogP contribution in [0.5, 0.6) is 0 Å². The van der Waals surface area contributed by atoms with Crippen molar-refractivity contribution in [1.29, 1.82) is 0 Å². The van der Waals surface area contributed by atoms with Gasteiger partial charge in [0.2, 0.25) is 11.8 Å². The Balaban J connectivity index is 0.992. The number of hydrogen-bond acceptors (Lipinski definition) is 9. The van der Waals surface area contributed by atoms with Gasteiger partial charge in [0, 0.05) is 37.4 Å². The predicted molar refractivity (Wildman–Crippen MR) is 207 cm³/mol. The van der Waals surface area contributed by atoms with Crippen LogP contribution in [0.25, 0.3) is 44.5 Å². The summed E-state index contributed by atoms with van der Waals surface area (Å²) in [5.74, 6) is 1.38. The fraction of sp³-hybridized carbons (Fsp3) is 0.463. The largest absolute Gasteiger partial charge is 0.453 e. The van der Waals surface area contributed by atoms with Crippen LogP contribution >= 0.6 is 0 Å². The molecule has 0 saturated carbocycles. The Morgan fingerprint density at radius 2 is 1.53 bits per heavy atom. The number of nitrogens with two attached hydrogens (primary N) is 1. The summed E-state index contributed by atoms with van der Waals surface area (Å²) in [7, 11) is 1.31. The number of ether oxygens (including phenoxy) is 2. The van der Waals surface area contributed by atoms with Crippen molar-refractivity contribution in [2.45, 2.75) is 76.5 Å². The second-order valence-corrected chi connectivity index (χ2v) is 15.4. The van der Waals surface area contributed by atoms with Gasteiger partial charge in [-0.05, 0) is 85.4 Å². The molecule has 6 heterocycles. The second-order valence-electron chi connectivity index (χ2n) is 15.4. The van der Waals surface area contributed by atoms with Gasteiger partial charge in [-0.25, -0.2) is 19.7 Å². The molecular weight excluding hydrogens is 699 g/mol. The maximum Gasteiger partial charge on any atom is 0.407 e. The van der Waals surface area contributed by atoms with Gasteiger partial charge in [-0.1, -0.05) is 38.1 Å². The van der Waals surface area contributed by atoms with Crippen molar-refractivity contribution in [1.82, 2.24) is 40.0 Å². The monoisotopic (exact) mass is 747 g/mol. The van der Waals surface area contributed by atoms with Crippen LogP contribution in [0.15, 0.2) is 54.7 Å². The highest BCUT2D eigenvalue weighted by Gasteiger charge is 2.40. The lowest BCUT2D eigenvalue weighted by Gasteiger charge is -2.34. The number of H-pyrrole nitrogens is 2. The highest BCUT2D eigenvalue weighted by atomic mass is 16.5. The number of aromatic nitrogens is 5. The summed E-state index contributed by atoms with van der Waals surface area (Å²) in [5.41, 5.74) is 11.3. The summed E-state index contributed by atoms with van der Waals surface area (Å²) in [6.07, 6.45) is 5.98. The van der Waals surface area contributed by atoms with Gasteiger partial charge in [0.05, 0.1) is 42.8 Å². The maximum absolute atomic E-state index is 14.0. The quantitative estimate of drug-likeness (QED) is 0.148. The van der Waals surface area contributed by atoms with Crippen molar-refractivity contribution < 1.29 is 23.9 Å². The number of methoxy groups -OCH3 is 1. The molecular formula is C41H49N9O5. The molecule has 3 amide bonds. The number of aromatic amines is 2. The first-order valence-electron chi connectivity index (χ1n) is 19.4. The average molecular weight is 748 g/mol. The molecule has 0 spiro atoms. The third kappa shape index (κ3) is 7.28. The van der Waals surface area contributed by atoms with Crippen molar-refractivity contribution in [3.8, 4) is 22.5 Å². The molecule has 8 rings (SSSR count).